The van der Waals surface area contributed by atoms with Crippen molar-refractivity contribution >= 4 is 28.8 Å². The Bertz CT molecular complexity index is 398. The Labute approximate surface area is 112 Å². The topological polar surface area (TPSA) is 29.3 Å². The lowest BCUT2D eigenvalue weighted by atomic mass is 10.2. The lowest BCUT2D eigenvalue weighted by molar-refractivity contribution is 0.288. The minimum absolute atomic E-state index is 0.269. The monoisotopic (exact) mass is 274 g/mol. The maximum Gasteiger partial charge on any atom is 0.123 e. The van der Waals surface area contributed by atoms with Crippen LogP contribution in [0.4, 0.5) is 4.39 Å². The van der Waals surface area contributed by atoms with Crippen molar-refractivity contribution in [3.63, 3.8) is 0 Å². The third-order valence-corrected chi connectivity index (χ3v) is 3.10. The quantitative estimate of drug-likeness (QED) is 0.809. The highest BCUT2D eigenvalue weighted by Gasteiger charge is 2.08. The Balaban J connectivity index is 2.66. The van der Waals surface area contributed by atoms with Crippen molar-refractivity contribution in [2.45, 2.75) is 19.9 Å². The standard InChI is InChI=1S/C12H16ClFN2S/c1-2-16(6-5-12(15)17)8-9-7-10(14)3-4-11(9)13/h3-4,7H,2,5-6,8H2,1H3,(H2,15,17). The fourth-order valence-electron chi connectivity index (χ4n) is 1.52. The van der Waals surface area contributed by atoms with Crippen molar-refractivity contribution in [2.24, 2.45) is 5.73 Å². The van der Waals surface area contributed by atoms with Gasteiger partial charge in [0.05, 0.1) is 4.99 Å². The van der Waals surface area contributed by atoms with E-state index in [9.17, 15) is 4.39 Å². The number of benzene rings is 1. The number of nitrogens with two attached hydrogens (primary N) is 1. The maximum atomic E-state index is 13.1. The van der Waals surface area contributed by atoms with Gasteiger partial charge in [-0.2, -0.15) is 0 Å². The van der Waals surface area contributed by atoms with E-state index in [1.165, 1.54) is 12.1 Å². The summed E-state index contributed by atoms with van der Waals surface area (Å²) in [7, 11) is 0. The number of halogens is 2. The van der Waals surface area contributed by atoms with Crippen LogP contribution in [0.1, 0.15) is 18.9 Å². The van der Waals surface area contributed by atoms with Crippen LogP contribution >= 0.6 is 23.8 Å². The van der Waals surface area contributed by atoms with Gasteiger partial charge in [0, 0.05) is 24.5 Å². The van der Waals surface area contributed by atoms with Gasteiger partial charge in [0.2, 0.25) is 0 Å². The molecule has 0 saturated heterocycles. The molecule has 1 rings (SSSR count). The molecule has 0 heterocycles. The molecule has 1 aromatic rings. The van der Waals surface area contributed by atoms with Gasteiger partial charge in [-0.25, -0.2) is 4.39 Å². The first-order valence-corrected chi connectivity index (χ1v) is 6.26. The van der Waals surface area contributed by atoms with Crippen molar-refractivity contribution in [1.29, 1.82) is 0 Å². The van der Waals surface area contributed by atoms with Crippen LogP contribution in [-0.4, -0.2) is 23.0 Å². The van der Waals surface area contributed by atoms with E-state index in [1.807, 2.05) is 6.92 Å². The second-order valence-corrected chi connectivity index (χ2v) is 4.75. The molecule has 5 heteroatoms. The lowest BCUT2D eigenvalue weighted by Crippen LogP contribution is -2.27. The molecule has 0 atom stereocenters. The molecule has 0 aliphatic carbocycles. The van der Waals surface area contributed by atoms with Gasteiger partial charge in [0.25, 0.3) is 0 Å². The zero-order valence-corrected chi connectivity index (χ0v) is 11.3. The van der Waals surface area contributed by atoms with Crippen LogP contribution in [-0.2, 0) is 6.54 Å². The normalized spacial score (nSPS) is 10.8. The minimum atomic E-state index is -0.269. The Kier molecular flexibility index (Phi) is 5.82. The lowest BCUT2D eigenvalue weighted by Gasteiger charge is -2.20. The van der Waals surface area contributed by atoms with E-state index in [-0.39, 0.29) is 5.82 Å². The summed E-state index contributed by atoms with van der Waals surface area (Å²) < 4.78 is 13.1. The summed E-state index contributed by atoms with van der Waals surface area (Å²) in [5, 5.41) is 0.583. The average Bonchev–Trinajstić information content (AvgIpc) is 2.28. The highest BCUT2D eigenvalue weighted by atomic mass is 35.5. The molecule has 2 nitrogen and oxygen atoms in total. The highest BCUT2D eigenvalue weighted by Crippen LogP contribution is 2.18. The van der Waals surface area contributed by atoms with Crippen LogP contribution in [0, 0.1) is 5.82 Å². The SMILES string of the molecule is CCN(CCC(N)=S)Cc1cc(F)ccc1Cl. The van der Waals surface area contributed by atoms with Gasteiger partial charge in [-0.3, -0.25) is 4.90 Å². The summed E-state index contributed by atoms with van der Waals surface area (Å²) in [5.41, 5.74) is 6.25. The van der Waals surface area contributed by atoms with E-state index < -0.39 is 0 Å². The zero-order chi connectivity index (χ0) is 12.8. The van der Waals surface area contributed by atoms with Gasteiger partial charge >= 0.3 is 0 Å². The number of thiocarbonyl (C=S) groups is 1. The van der Waals surface area contributed by atoms with E-state index >= 15 is 0 Å². The van der Waals surface area contributed by atoms with Crippen molar-refractivity contribution in [3.05, 3.63) is 34.6 Å². The largest absolute Gasteiger partial charge is 0.393 e. The molecule has 0 radical (unpaired) electrons. The fourth-order valence-corrected chi connectivity index (χ4v) is 1.79. The Hall–Kier alpha value is -0.710. The van der Waals surface area contributed by atoms with E-state index in [0.717, 1.165) is 18.7 Å². The molecule has 1 aromatic carbocycles. The van der Waals surface area contributed by atoms with Gasteiger partial charge in [-0.05, 0) is 30.3 Å². The summed E-state index contributed by atoms with van der Waals surface area (Å²) in [6.07, 6.45) is 0.663. The van der Waals surface area contributed by atoms with Crippen molar-refractivity contribution < 1.29 is 4.39 Å². The maximum absolute atomic E-state index is 13.1. The van der Waals surface area contributed by atoms with Crippen molar-refractivity contribution in [2.75, 3.05) is 13.1 Å². The molecule has 17 heavy (non-hydrogen) atoms. The number of nitrogens with zero attached hydrogens (tertiary/aromatic N) is 1. The van der Waals surface area contributed by atoms with Gasteiger partial charge in [0.15, 0.2) is 0 Å². The van der Waals surface area contributed by atoms with Crippen LogP contribution in [0.2, 0.25) is 5.02 Å². The number of rotatable bonds is 6. The molecular formula is C12H16ClFN2S. The van der Waals surface area contributed by atoms with Crippen LogP contribution in [0.25, 0.3) is 0 Å². The van der Waals surface area contributed by atoms with Crippen LogP contribution in [0.3, 0.4) is 0 Å². The number of hydrogen-bond donors (Lipinski definition) is 1. The third-order valence-electron chi connectivity index (χ3n) is 2.52. The first kappa shape index (κ1) is 14.4. The van der Waals surface area contributed by atoms with Crippen molar-refractivity contribution in [3.8, 4) is 0 Å². The first-order valence-electron chi connectivity index (χ1n) is 5.47. The molecular weight excluding hydrogens is 259 g/mol. The average molecular weight is 275 g/mol. The molecule has 0 aliphatic rings. The van der Waals surface area contributed by atoms with Crippen LogP contribution in [0.5, 0.6) is 0 Å². The summed E-state index contributed by atoms with van der Waals surface area (Å²) in [6, 6.07) is 4.40. The summed E-state index contributed by atoms with van der Waals surface area (Å²) >= 11 is 10.9. The molecule has 0 saturated carbocycles. The molecule has 94 valence electrons. The Morgan fingerprint density at radius 3 is 2.82 bits per heavy atom. The second kappa shape index (κ2) is 6.89. The summed E-state index contributed by atoms with van der Waals surface area (Å²) in [5.74, 6) is -0.269. The highest BCUT2D eigenvalue weighted by molar-refractivity contribution is 7.80. The van der Waals surface area contributed by atoms with E-state index in [4.69, 9.17) is 29.6 Å². The smallest absolute Gasteiger partial charge is 0.123 e. The Morgan fingerprint density at radius 1 is 1.53 bits per heavy atom. The van der Waals surface area contributed by atoms with Gasteiger partial charge in [-0.1, -0.05) is 30.7 Å². The predicted molar refractivity (Wildman–Crippen MR) is 73.8 cm³/mol. The minimum Gasteiger partial charge on any atom is -0.393 e. The Morgan fingerprint density at radius 2 is 2.24 bits per heavy atom. The van der Waals surface area contributed by atoms with Gasteiger partial charge in [0.1, 0.15) is 5.82 Å². The molecule has 0 bridgehead atoms. The summed E-state index contributed by atoms with van der Waals surface area (Å²) in [4.78, 5) is 2.62. The molecule has 0 aromatic heterocycles. The van der Waals surface area contributed by atoms with Gasteiger partial charge in [-0.15, -0.1) is 0 Å². The molecule has 0 unspecified atom stereocenters. The van der Waals surface area contributed by atoms with Gasteiger partial charge < -0.3 is 5.73 Å². The predicted octanol–water partition coefficient (Wildman–Crippen LogP) is 2.98. The fraction of sp³-hybridized carbons (Fsp3) is 0.417. The first-order chi connectivity index (χ1) is 8.02. The van der Waals surface area contributed by atoms with Crippen LogP contribution < -0.4 is 5.73 Å². The molecule has 0 amide bonds. The van der Waals surface area contributed by atoms with Crippen molar-refractivity contribution in [1.82, 2.24) is 4.90 Å². The molecule has 0 spiro atoms. The summed E-state index contributed by atoms with van der Waals surface area (Å²) in [6.45, 7) is 4.25. The van der Waals surface area contributed by atoms with E-state index in [1.54, 1.807) is 6.07 Å². The molecule has 0 fully saturated rings. The molecule has 0 aliphatic heterocycles. The second-order valence-electron chi connectivity index (χ2n) is 3.82. The zero-order valence-electron chi connectivity index (χ0n) is 9.75. The molecule has 2 N–H and O–H groups in total. The van der Waals surface area contributed by atoms with E-state index in [2.05, 4.69) is 4.90 Å². The third kappa shape index (κ3) is 4.98. The number of hydrogen-bond acceptors (Lipinski definition) is 2. The van der Waals surface area contributed by atoms with Crippen LogP contribution in [0.15, 0.2) is 18.2 Å². The van der Waals surface area contributed by atoms with E-state index in [0.29, 0.717) is 23.0 Å².